The van der Waals surface area contributed by atoms with Crippen LogP contribution in [0.2, 0.25) is 0 Å². The third-order valence-corrected chi connectivity index (χ3v) is 18.0. The Morgan fingerprint density at radius 2 is 0.689 bits per heavy atom. The molecule has 0 aromatic carbocycles. The van der Waals surface area contributed by atoms with Crippen LogP contribution < -0.4 is 0 Å². The van der Waals surface area contributed by atoms with Crippen LogP contribution in [-0.4, -0.2) is 115 Å². The molecule has 0 saturated heterocycles. The van der Waals surface area contributed by atoms with Gasteiger partial charge in [0, 0.05) is 106 Å². The normalized spacial score (nSPS) is 14.7. The van der Waals surface area contributed by atoms with E-state index in [1.54, 1.807) is 28.1 Å². The molecular weight excluding hydrogens is 1140 g/mol. The third-order valence-electron chi connectivity index (χ3n) is 18.0. The Labute approximate surface area is 521 Å². The third kappa shape index (κ3) is 13.1. The highest BCUT2D eigenvalue weighted by Crippen LogP contribution is 2.42. The quantitative estimate of drug-likeness (QED) is 0.0382. The molecule has 16 bridgehead atoms. The molecule has 10 heterocycles. The summed E-state index contributed by atoms with van der Waals surface area (Å²) in [6, 6.07) is 15.5. The average molecular weight is 1230 g/mol. The molecule has 4 aliphatic heterocycles. The lowest BCUT2D eigenvalue weighted by molar-refractivity contribution is -0.137. The number of aliphatic hydroxyl groups excluding tert-OH is 2. The zero-order valence-corrected chi connectivity index (χ0v) is 53.5. The van der Waals surface area contributed by atoms with Crippen LogP contribution in [0.5, 0.6) is 0 Å². The highest BCUT2D eigenvalue weighted by atomic mass is 16.5. The van der Waals surface area contributed by atoms with Gasteiger partial charge in [-0.2, -0.15) is 0 Å². The summed E-state index contributed by atoms with van der Waals surface area (Å²) in [5, 5.41) is 59.7. The van der Waals surface area contributed by atoms with Crippen LogP contribution >= 0.6 is 0 Å². The number of aliphatic hydroxyl groups is 2. The van der Waals surface area contributed by atoms with Gasteiger partial charge in [-0.1, -0.05) is 0 Å². The van der Waals surface area contributed by atoms with Crippen molar-refractivity contribution in [2.24, 2.45) is 0 Å². The van der Waals surface area contributed by atoms with E-state index < -0.39 is 36.1 Å². The zero-order valence-electron chi connectivity index (χ0n) is 53.5. The van der Waals surface area contributed by atoms with Gasteiger partial charge in [0.05, 0.1) is 70.0 Å². The molecule has 0 fully saturated rings. The molecule has 472 valence electrons. The van der Waals surface area contributed by atoms with Crippen LogP contribution in [0.25, 0.3) is 88.7 Å². The van der Waals surface area contributed by atoms with Crippen molar-refractivity contribution in [3.8, 4) is 0 Å². The van der Waals surface area contributed by atoms with Crippen LogP contribution in [0.1, 0.15) is 209 Å². The molecule has 90 heavy (non-hydrogen) atoms. The van der Waals surface area contributed by atoms with E-state index in [0.717, 1.165) is 139 Å². The number of rotatable bonds is 18. The minimum Gasteiger partial charge on any atom is -0.481 e. The number of aromatic amines is 4. The highest BCUT2D eigenvalue weighted by molar-refractivity contribution is 5.99. The highest BCUT2D eigenvalue weighted by Gasteiger charge is 2.28. The Morgan fingerprint density at radius 1 is 0.378 bits per heavy atom. The summed E-state index contributed by atoms with van der Waals surface area (Å²) in [5.74, 6) is -3.61. The molecule has 0 radical (unpaired) electrons. The SMILES string of the molecule is COC(C)C1=C(C)c2cc3nc(cc4[nH]c(cc5[nH]c(cc1n2)c(C)c5C(C)O)c(C)c4CCC(=O)O)C(CCC(=O)O)=C3C.COC(C)c1c(C)c2cc3[nH]c(cc4nc(cc5nc(cc1[nH]2)C(C)=C5CCC(=O)O)C(CCC(=O)O)=C4C)c(C)c3C(C)O. The number of carboxylic acids is 4. The summed E-state index contributed by atoms with van der Waals surface area (Å²) >= 11 is 0. The van der Waals surface area contributed by atoms with Gasteiger partial charge in [0.25, 0.3) is 0 Å². The Morgan fingerprint density at radius 3 is 1.12 bits per heavy atom. The van der Waals surface area contributed by atoms with Gasteiger partial charge in [-0.05, 0) is 224 Å². The van der Waals surface area contributed by atoms with E-state index >= 15 is 0 Å². The van der Waals surface area contributed by atoms with Crippen molar-refractivity contribution in [1.82, 2.24) is 39.9 Å². The summed E-state index contributed by atoms with van der Waals surface area (Å²) in [5.41, 5.74) is 25.5. The van der Waals surface area contributed by atoms with E-state index in [1.165, 1.54) is 0 Å². The molecule has 4 aliphatic rings. The molecule has 20 heteroatoms. The number of nitrogens with zero attached hydrogens (tertiary/aromatic N) is 4. The van der Waals surface area contributed by atoms with Gasteiger partial charge in [0.1, 0.15) is 0 Å². The number of hydrogen-bond donors (Lipinski definition) is 10. The number of allylic oxidation sites excluding steroid dienone is 7. The second-order valence-corrected chi connectivity index (χ2v) is 23.7. The Hall–Kier alpha value is -9.08. The van der Waals surface area contributed by atoms with E-state index in [-0.39, 0.29) is 57.2 Å². The molecular formula is C70H80N8O12. The summed E-state index contributed by atoms with van der Waals surface area (Å²) in [4.78, 5) is 80.3. The number of carboxylic acid groups (broad SMARTS) is 4. The molecule has 6 aromatic heterocycles. The number of aliphatic carboxylic acids is 4. The van der Waals surface area contributed by atoms with Gasteiger partial charge in [-0.15, -0.1) is 0 Å². The maximum absolute atomic E-state index is 11.6. The number of ether oxygens (including phenoxy) is 2. The van der Waals surface area contributed by atoms with Crippen molar-refractivity contribution in [2.45, 2.75) is 159 Å². The van der Waals surface area contributed by atoms with E-state index in [4.69, 9.17) is 29.4 Å². The lowest BCUT2D eigenvalue weighted by Gasteiger charge is -2.12. The van der Waals surface area contributed by atoms with E-state index in [9.17, 15) is 49.8 Å². The molecule has 4 unspecified atom stereocenters. The monoisotopic (exact) mass is 1220 g/mol. The molecule has 0 saturated carbocycles. The fourth-order valence-electron chi connectivity index (χ4n) is 12.8. The van der Waals surface area contributed by atoms with Crippen molar-refractivity contribution >= 4 is 113 Å². The minimum absolute atomic E-state index is 0.0523. The van der Waals surface area contributed by atoms with Crippen molar-refractivity contribution in [3.05, 3.63) is 139 Å². The van der Waals surface area contributed by atoms with Gasteiger partial charge in [0.2, 0.25) is 0 Å². The van der Waals surface area contributed by atoms with E-state index in [0.29, 0.717) is 46.1 Å². The predicted molar refractivity (Wildman–Crippen MR) is 351 cm³/mol. The molecule has 0 spiro atoms. The number of nitrogens with one attached hydrogen (secondary N) is 4. The Kier molecular flexibility index (Phi) is 19.3. The van der Waals surface area contributed by atoms with Gasteiger partial charge in [0.15, 0.2) is 0 Å². The first-order chi connectivity index (χ1) is 42.6. The van der Waals surface area contributed by atoms with Gasteiger partial charge in [-0.3, -0.25) is 19.2 Å². The average Bonchev–Trinajstić information content (AvgIpc) is 1.64. The molecule has 4 atom stereocenters. The number of carbonyl (C=O) groups is 4. The number of hydrogen-bond acceptors (Lipinski definition) is 12. The van der Waals surface area contributed by atoms with Crippen LogP contribution in [0.4, 0.5) is 0 Å². The van der Waals surface area contributed by atoms with Crippen LogP contribution in [0.15, 0.2) is 48.5 Å². The topological polar surface area (TPSA) is 323 Å². The van der Waals surface area contributed by atoms with Crippen molar-refractivity contribution in [3.63, 3.8) is 0 Å². The predicted octanol–water partition coefficient (Wildman–Crippen LogP) is 14.0. The molecule has 10 rings (SSSR count). The minimum atomic E-state index is -0.907. The Balaban J connectivity index is 0.000000213. The van der Waals surface area contributed by atoms with Crippen molar-refractivity contribution < 1.29 is 59.3 Å². The summed E-state index contributed by atoms with van der Waals surface area (Å²) in [6.07, 6.45) is -1.05. The lowest BCUT2D eigenvalue weighted by Crippen LogP contribution is -2.07. The maximum atomic E-state index is 11.6. The second-order valence-electron chi connectivity index (χ2n) is 23.7. The molecule has 10 N–H and O–H groups in total. The summed E-state index contributed by atoms with van der Waals surface area (Å²) in [6.45, 7) is 23.1. The van der Waals surface area contributed by atoms with Gasteiger partial charge in [-0.25, -0.2) is 19.9 Å². The molecule has 0 aliphatic carbocycles. The second kappa shape index (κ2) is 26.6. The first-order valence-corrected chi connectivity index (χ1v) is 30.2. The maximum Gasteiger partial charge on any atom is 0.303 e. The van der Waals surface area contributed by atoms with Crippen molar-refractivity contribution in [2.75, 3.05) is 14.2 Å². The number of aryl methyl sites for hydroxylation is 5. The van der Waals surface area contributed by atoms with E-state index in [1.807, 2.05) is 118 Å². The number of H-pyrrole nitrogens is 4. The fourth-order valence-corrected chi connectivity index (χ4v) is 12.8. The van der Waals surface area contributed by atoms with Gasteiger partial charge < -0.3 is 60.0 Å². The lowest BCUT2D eigenvalue weighted by atomic mass is 9.98. The molecule has 0 amide bonds. The van der Waals surface area contributed by atoms with Crippen LogP contribution in [0, 0.1) is 27.7 Å². The standard InChI is InChI=1S/2C35H40N4O6/c1-16-22(8-10-32(41)42)28-15-29-23(9-11-33(43)44)17(2)25(37-29)13-30-34(20(5)40)18(3)27(38-30)14-31-35(21(6)45-7)19(4)26(39-31)12-24(16)36-28;1-16-22(8-10-32(41)42)28-15-29-23(9-11-33(43)44)17(2)25(37-29)13-31-35(21(6)45-7)19(4)27(39-31)14-30-34(20(5)40)18(3)26(38-30)12-24(16)36-28/h12-15,20-21,37-38,40H,8-11H2,1-7H3,(H,41,42)(H,43,44);12-15,20-21,38-40H,8-11H2,1-7H3,(H,41,42)(H,43,44). The van der Waals surface area contributed by atoms with Gasteiger partial charge >= 0.3 is 23.9 Å². The van der Waals surface area contributed by atoms with E-state index in [2.05, 4.69) is 19.9 Å². The summed E-state index contributed by atoms with van der Waals surface area (Å²) < 4.78 is 11.5. The number of methoxy groups -OCH3 is 2. The van der Waals surface area contributed by atoms with Crippen molar-refractivity contribution in [1.29, 1.82) is 0 Å². The number of fused-ring (bicyclic) bond motifs is 16. The fraction of sp³-hybridized carbons (Fsp3) is 0.371. The zero-order chi connectivity index (χ0) is 65.5. The first kappa shape index (κ1) is 65.4. The number of aromatic nitrogens is 8. The molecule has 6 aromatic rings. The van der Waals surface area contributed by atoms with Crippen LogP contribution in [-0.2, 0) is 35.1 Å². The summed E-state index contributed by atoms with van der Waals surface area (Å²) in [7, 11) is 3.32. The van der Waals surface area contributed by atoms with Crippen LogP contribution in [0.3, 0.4) is 0 Å². The first-order valence-electron chi connectivity index (χ1n) is 30.2. The molecule has 20 nitrogen and oxygen atoms in total. The largest absolute Gasteiger partial charge is 0.481 e. The Bertz CT molecular complexity index is 4450. The smallest absolute Gasteiger partial charge is 0.303 e.